The maximum atomic E-state index is 11.9. The molecule has 0 spiro atoms. The molecule has 92 valence electrons. The van der Waals surface area contributed by atoms with Crippen molar-refractivity contribution in [1.82, 2.24) is 4.98 Å². The largest absolute Gasteiger partial charge is 0.399 e. The van der Waals surface area contributed by atoms with Crippen LogP contribution in [-0.2, 0) is 15.5 Å². The number of anilines is 1. The first-order chi connectivity index (χ1) is 8.20. The zero-order chi connectivity index (χ0) is 12.3. The van der Waals surface area contributed by atoms with E-state index >= 15 is 0 Å². The molecule has 2 aromatic rings. The molecule has 0 aliphatic carbocycles. The van der Waals surface area contributed by atoms with Gasteiger partial charge in [0.15, 0.2) is 4.34 Å². The van der Waals surface area contributed by atoms with Crippen molar-refractivity contribution in [2.75, 3.05) is 25.2 Å². The quantitative estimate of drug-likeness (QED) is 0.667. The summed E-state index contributed by atoms with van der Waals surface area (Å²) >= 11 is 1.45. The van der Waals surface area contributed by atoms with E-state index in [1.54, 1.807) is 13.2 Å². The summed E-state index contributed by atoms with van der Waals surface area (Å²) in [6.45, 7) is 0.629. The first kappa shape index (κ1) is 12.5. The average Bonchev–Trinajstić information content (AvgIpc) is 2.72. The summed E-state index contributed by atoms with van der Waals surface area (Å²) in [5.41, 5.74) is 7.26. The van der Waals surface area contributed by atoms with Gasteiger partial charge in [0.05, 0.1) is 21.0 Å². The highest BCUT2D eigenvalue weighted by Crippen LogP contribution is 2.26. The van der Waals surface area contributed by atoms with Gasteiger partial charge in [-0.1, -0.05) is 0 Å². The number of thiazole rings is 1. The lowest BCUT2D eigenvalue weighted by Gasteiger charge is -1.97. The fourth-order valence-electron chi connectivity index (χ4n) is 1.44. The van der Waals surface area contributed by atoms with Crippen LogP contribution in [0.5, 0.6) is 0 Å². The van der Waals surface area contributed by atoms with Crippen LogP contribution in [0.15, 0.2) is 22.5 Å². The van der Waals surface area contributed by atoms with Gasteiger partial charge in [-0.25, -0.2) is 4.98 Å². The fourth-order valence-corrected chi connectivity index (χ4v) is 3.83. The number of hydrogen-bond donors (Lipinski definition) is 1. The van der Waals surface area contributed by atoms with Crippen molar-refractivity contribution in [3.8, 4) is 0 Å². The number of benzene rings is 1. The molecule has 17 heavy (non-hydrogen) atoms. The van der Waals surface area contributed by atoms with Gasteiger partial charge in [-0.2, -0.15) is 0 Å². The molecule has 6 heteroatoms. The van der Waals surface area contributed by atoms with Gasteiger partial charge in [-0.3, -0.25) is 4.21 Å². The summed E-state index contributed by atoms with van der Waals surface area (Å²) in [6, 6.07) is 5.53. The molecule has 2 N–H and O–H groups in total. The van der Waals surface area contributed by atoms with Crippen molar-refractivity contribution < 1.29 is 8.95 Å². The van der Waals surface area contributed by atoms with Crippen LogP contribution in [0.25, 0.3) is 10.2 Å². The molecule has 1 unspecified atom stereocenters. The number of nitrogens with zero attached hydrogens (tertiary/aromatic N) is 1. The number of rotatable bonds is 5. The minimum Gasteiger partial charge on any atom is -0.399 e. The Labute approximate surface area is 106 Å². The van der Waals surface area contributed by atoms with Gasteiger partial charge >= 0.3 is 0 Å². The van der Waals surface area contributed by atoms with Gasteiger partial charge in [0.2, 0.25) is 0 Å². The number of ether oxygens (including phenoxy) is 1. The molecule has 1 aromatic heterocycles. The highest BCUT2D eigenvalue weighted by Gasteiger charge is 2.10. The maximum absolute atomic E-state index is 11.9. The Bertz CT molecular complexity index is 539. The van der Waals surface area contributed by atoms with Crippen LogP contribution < -0.4 is 5.73 Å². The molecule has 4 nitrogen and oxygen atoms in total. The van der Waals surface area contributed by atoms with Gasteiger partial charge in [0.1, 0.15) is 0 Å². The third kappa shape index (κ3) is 3.02. The number of fused-ring (bicyclic) bond motifs is 1. The molecule has 0 aliphatic heterocycles. The van der Waals surface area contributed by atoms with E-state index < -0.39 is 10.8 Å². The maximum Gasteiger partial charge on any atom is 0.181 e. The lowest BCUT2D eigenvalue weighted by atomic mass is 10.3. The monoisotopic (exact) mass is 270 g/mol. The second-order valence-electron chi connectivity index (χ2n) is 3.60. The fraction of sp³-hybridized carbons (Fsp3) is 0.364. The molecular formula is C11H14N2O2S2. The Balaban J connectivity index is 2.15. The zero-order valence-corrected chi connectivity index (χ0v) is 11.1. The van der Waals surface area contributed by atoms with Gasteiger partial charge in [-0.05, 0) is 24.6 Å². The Morgan fingerprint density at radius 3 is 3.12 bits per heavy atom. The predicted molar refractivity (Wildman–Crippen MR) is 71.8 cm³/mol. The molecule has 0 amide bonds. The topological polar surface area (TPSA) is 65.2 Å². The van der Waals surface area contributed by atoms with E-state index in [1.165, 1.54) is 11.3 Å². The third-order valence-corrected chi connectivity index (χ3v) is 5.03. The molecule has 0 aliphatic rings. The minimum absolute atomic E-state index is 0.586. The molecule has 2 rings (SSSR count). The second-order valence-corrected chi connectivity index (χ2v) is 6.38. The molecule has 1 aromatic carbocycles. The normalized spacial score (nSPS) is 13.0. The summed E-state index contributed by atoms with van der Waals surface area (Å²) in [5.74, 6) is 0.586. The van der Waals surface area contributed by atoms with Crippen LogP contribution in [-0.4, -0.2) is 28.7 Å². The van der Waals surface area contributed by atoms with Crippen LogP contribution in [0.2, 0.25) is 0 Å². The summed E-state index contributed by atoms with van der Waals surface area (Å²) in [5, 5.41) is 0. The molecule has 0 fully saturated rings. The summed E-state index contributed by atoms with van der Waals surface area (Å²) < 4.78 is 18.5. The van der Waals surface area contributed by atoms with Crippen molar-refractivity contribution >= 4 is 38.0 Å². The molecule has 0 saturated carbocycles. The molecule has 0 radical (unpaired) electrons. The van der Waals surface area contributed by atoms with Crippen molar-refractivity contribution in [2.45, 2.75) is 10.8 Å². The van der Waals surface area contributed by atoms with E-state index in [1.807, 2.05) is 12.1 Å². The molecular weight excluding hydrogens is 256 g/mol. The van der Waals surface area contributed by atoms with Gasteiger partial charge in [0.25, 0.3) is 0 Å². The Morgan fingerprint density at radius 1 is 1.53 bits per heavy atom. The third-order valence-electron chi connectivity index (χ3n) is 2.27. The lowest BCUT2D eigenvalue weighted by molar-refractivity contribution is 0.200. The Hall–Kier alpha value is -0.980. The smallest absolute Gasteiger partial charge is 0.181 e. The van der Waals surface area contributed by atoms with Crippen molar-refractivity contribution in [1.29, 1.82) is 0 Å². The lowest BCUT2D eigenvalue weighted by Crippen LogP contribution is -2.01. The highest BCUT2D eigenvalue weighted by atomic mass is 32.2. The first-order valence-corrected chi connectivity index (χ1v) is 7.37. The molecule has 1 heterocycles. The van der Waals surface area contributed by atoms with Crippen LogP contribution in [0.3, 0.4) is 0 Å². The van der Waals surface area contributed by atoms with Crippen LogP contribution >= 0.6 is 11.3 Å². The minimum atomic E-state index is -1.04. The Kier molecular flexibility index (Phi) is 4.09. The standard InChI is InChI=1S/C11H14N2O2S2/c1-15-5-2-6-17(14)11-13-9-4-3-8(12)7-10(9)16-11/h3-4,7H,2,5-6,12H2,1H3. The van der Waals surface area contributed by atoms with Crippen molar-refractivity contribution in [2.24, 2.45) is 0 Å². The number of aromatic nitrogens is 1. The van der Waals surface area contributed by atoms with Crippen LogP contribution in [0.4, 0.5) is 5.69 Å². The summed E-state index contributed by atoms with van der Waals surface area (Å²) in [4.78, 5) is 4.35. The van der Waals surface area contributed by atoms with E-state index in [0.717, 1.165) is 16.6 Å². The SMILES string of the molecule is COCCCS(=O)c1nc2ccc(N)cc2s1. The van der Waals surface area contributed by atoms with Crippen LogP contribution in [0.1, 0.15) is 6.42 Å². The number of methoxy groups -OCH3 is 1. The van der Waals surface area contributed by atoms with E-state index in [4.69, 9.17) is 10.5 Å². The van der Waals surface area contributed by atoms with Gasteiger partial charge in [-0.15, -0.1) is 11.3 Å². The Morgan fingerprint density at radius 2 is 2.35 bits per heavy atom. The van der Waals surface area contributed by atoms with E-state index in [-0.39, 0.29) is 0 Å². The predicted octanol–water partition coefficient (Wildman–Crippen LogP) is 2.02. The van der Waals surface area contributed by atoms with Gasteiger partial charge in [0, 0.05) is 25.2 Å². The summed E-state index contributed by atoms with van der Waals surface area (Å²) in [7, 11) is 0.605. The average molecular weight is 270 g/mol. The molecule has 1 atom stereocenters. The first-order valence-electron chi connectivity index (χ1n) is 5.24. The van der Waals surface area contributed by atoms with Crippen LogP contribution in [0, 0.1) is 0 Å². The summed E-state index contributed by atoms with van der Waals surface area (Å²) in [6.07, 6.45) is 0.779. The van der Waals surface area contributed by atoms with Crippen molar-refractivity contribution in [3.05, 3.63) is 18.2 Å². The van der Waals surface area contributed by atoms with E-state index in [2.05, 4.69) is 4.98 Å². The van der Waals surface area contributed by atoms with E-state index in [9.17, 15) is 4.21 Å². The molecule has 0 saturated heterocycles. The second kappa shape index (κ2) is 5.57. The number of nitrogens with two attached hydrogens (primary N) is 1. The highest BCUT2D eigenvalue weighted by molar-refractivity contribution is 7.87. The van der Waals surface area contributed by atoms with E-state index in [0.29, 0.717) is 22.4 Å². The zero-order valence-electron chi connectivity index (χ0n) is 9.51. The molecule has 0 bridgehead atoms. The van der Waals surface area contributed by atoms with Crippen molar-refractivity contribution in [3.63, 3.8) is 0 Å². The van der Waals surface area contributed by atoms with Gasteiger partial charge < -0.3 is 10.5 Å². The number of nitrogen functional groups attached to an aromatic ring is 1. The number of hydrogen-bond acceptors (Lipinski definition) is 5.